The lowest BCUT2D eigenvalue weighted by atomic mass is 10.3. The number of thioether (sulfide) groups is 1. The van der Waals surface area contributed by atoms with Gasteiger partial charge in [-0.25, -0.2) is 0 Å². The van der Waals surface area contributed by atoms with Crippen LogP contribution >= 0.6 is 23.4 Å². The molecule has 1 aromatic heterocycles. The summed E-state index contributed by atoms with van der Waals surface area (Å²) in [7, 11) is 1.51. The third-order valence-electron chi connectivity index (χ3n) is 2.39. The number of anilines is 1. The predicted molar refractivity (Wildman–Crippen MR) is 79.5 cm³/mol. The van der Waals surface area contributed by atoms with E-state index in [9.17, 15) is 4.79 Å². The number of rotatable bonds is 6. The molecule has 0 bridgehead atoms. The molecule has 0 aliphatic rings. The fourth-order valence-corrected chi connectivity index (χ4v) is 2.22. The topological polar surface area (TPSA) is 103 Å². The van der Waals surface area contributed by atoms with E-state index >= 15 is 0 Å². The van der Waals surface area contributed by atoms with Crippen molar-refractivity contribution in [2.75, 3.05) is 18.2 Å². The monoisotopic (exact) mass is 328 g/mol. The van der Waals surface area contributed by atoms with Crippen molar-refractivity contribution in [3.63, 3.8) is 0 Å². The van der Waals surface area contributed by atoms with Gasteiger partial charge >= 0.3 is 0 Å². The largest absolute Gasteiger partial charge is 0.495 e. The summed E-state index contributed by atoms with van der Waals surface area (Å²) in [5.74, 6) is 0.727. The second-order valence-corrected chi connectivity index (χ2v) is 5.21. The molecule has 0 aliphatic heterocycles. The lowest BCUT2D eigenvalue weighted by molar-refractivity contribution is -0.113. The highest BCUT2D eigenvalue weighted by Gasteiger charge is 2.11. The minimum Gasteiger partial charge on any atom is -0.495 e. The lowest BCUT2D eigenvalue weighted by Crippen LogP contribution is -2.14. The van der Waals surface area contributed by atoms with Crippen molar-refractivity contribution in [3.8, 4) is 5.75 Å². The third-order valence-corrected chi connectivity index (χ3v) is 3.44. The molecule has 0 aliphatic carbocycles. The van der Waals surface area contributed by atoms with E-state index in [1.54, 1.807) is 18.2 Å². The van der Waals surface area contributed by atoms with Crippen LogP contribution in [0.4, 0.5) is 5.69 Å². The average Bonchev–Trinajstić information content (AvgIpc) is 2.93. The molecular weight excluding hydrogens is 316 g/mol. The molecule has 0 spiro atoms. The van der Waals surface area contributed by atoms with E-state index in [1.165, 1.54) is 7.11 Å². The van der Waals surface area contributed by atoms with E-state index in [1.807, 2.05) is 0 Å². The van der Waals surface area contributed by atoms with E-state index in [0.717, 1.165) is 11.8 Å². The van der Waals surface area contributed by atoms with Crippen LogP contribution in [0, 0.1) is 0 Å². The van der Waals surface area contributed by atoms with E-state index in [-0.39, 0.29) is 18.2 Å². The van der Waals surface area contributed by atoms with Gasteiger partial charge in [0.25, 0.3) is 5.22 Å². The van der Waals surface area contributed by atoms with Crippen molar-refractivity contribution in [3.05, 3.63) is 29.1 Å². The lowest BCUT2D eigenvalue weighted by Gasteiger charge is -2.09. The number of aromatic nitrogens is 2. The number of nitrogens with two attached hydrogens (primary N) is 1. The van der Waals surface area contributed by atoms with Crippen LogP contribution < -0.4 is 15.8 Å². The van der Waals surface area contributed by atoms with Crippen LogP contribution in [0.5, 0.6) is 5.75 Å². The molecule has 1 aromatic carbocycles. The summed E-state index contributed by atoms with van der Waals surface area (Å²) in [6, 6.07) is 4.97. The van der Waals surface area contributed by atoms with Gasteiger partial charge in [0.15, 0.2) is 0 Å². The normalized spacial score (nSPS) is 10.4. The minimum atomic E-state index is -0.243. The highest BCUT2D eigenvalue weighted by atomic mass is 35.5. The van der Waals surface area contributed by atoms with Crippen molar-refractivity contribution in [2.45, 2.75) is 11.8 Å². The Bertz CT molecular complexity index is 635. The first kappa shape index (κ1) is 15.6. The minimum absolute atomic E-state index is 0.113. The first-order chi connectivity index (χ1) is 10.1. The highest BCUT2D eigenvalue weighted by Crippen LogP contribution is 2.28. The molecule has 0 fully saturated rings. The van der Waals surface area contributed by atoms with Crippen molar-refractivity contribution in [1.82, 2.24) is 10.2 Å². The van der Waals surface area contributed by atoms with Crippen LogP contribution in [0.3, 0.4) is 0 Å². The summed E-state index contributed by atoms with van der Waals surface area (Å²) in [4.78, 5) is 11.9. The van der Waals surface area contributed by atoms with Gasteiger partial charge in [-0.2, -0.15) is 0 Å². The molecule has 0 atom stereocenters. The van der Waals surface area contributed by atoms with E-state index in [4.69, 9.17) is 26.5 Å². The Kier molecular flexibility index (Phi) is 5.43. The van der Waals surface area contributed by atoms with Gasteiger partial charge < -0.3 is 20.2 Å². The van der Waals surface area contributed by atoms with Gasteiger partial charge in [0.05, 0.1) is 25.1 Å². The van der Waals surface area contributed by atoms with Gasteiger partial charge in [0, 0.05) is 5.02 Å². The molecule has 1 heterocycles. The number of hydrogen-bond acceptors (Lipinski definition) is 7. The number of amides is 1. The highest BCUT2D eigenvalue weighted by molar-refractivity contribution is 7.99. The second kappa shape index (κ2) is 7.30. The number of nitrogens with one attached hydrogen (secondary N) is 1. The Morgan fingerprint density at radius 1 is 1.52 bits per heavy atom. The van der Waals surface area contributed by atoms with Gasteiger partial charge in [0.1, 0.15) is 5.75 Å². The SMILES string of the molecule is COc1ccc(Cl)cc1NC(=O)CSc1nnc(CN)o1. The number of carbonyl (C=O) groups is 1. The van der Waals surface area contributed by atoms with Crippen molar-refractivity contribution < 1.29 is 13.9 Å². The Labute approximate surface area is 130 Å². The number of benzene rings is 1. The molecule has 9 heteroatoms. The molecular formula is C12H13ClN4O3S. The zero-order valence-corrected chi connectivity index (χ0v) is 12.7. The average molecular weight is 329 g/mol. The molecule has 1 amide bonds. The van der Waals surface area contributed by atoms with Gasteiger partial charge in [0.2, 0.25) is 11.8 Å². The van der Waals surface area contributed by atoms with E-state index in [2.05, 4.69) is 15.5 Å². The van der Waals surface area contributed by atoms with E-state index < -0.39 is 0 Å². The fourth-order valence-electron chi connectivity index (χ4n) is 1.47. The molecule has 0 saturated heterocycles. The Hall–Kier alpha value is -1.77. The van der Waals surface area contributed by atoms with Crippen LogP contribution in [0.15, 0.2) is 27.8 Å². The van der Waals surface area contributed by atoms with Crippen LogP contribution in [0.25, 0.3) is 0 Å². The van der Waals surface area contributed by atoms with Crippen LogP contribution in [-0.2, 0) is 11.3 Å². The van der Waals surface area contributed by atoms with Crippen LogP contribution in [-0.4, -0.2) is 29.0 Å². The van der Waals surface area contributed by atoms with Crippen molar-refractivity contribution in [1.29, 1.82) is 0 Å². The summed E-state index contributed by atoms with van der Waals surface area (Å²) in [5.41, 5.74) is 5.86. The maximum Gasteiger partial charge on any atom is 0.277 e. The number of nitrogens with zero attached hydrogens (tertiary/aromatic N) is 2. The molecule has 112 valence electrons. The molecule has 0 saturated carbocycles. The molecule has 2 aromatic rings. The second-order valence-electron chi connectivity index (χ2n) is 3.85. The summed E-state index contributed by atoms with van der Waals surface area (Å²) in [6.45, 7) is 0.166. The Morgan fingerprint density at radius 2 is 2.33 bits per heavy atom. The van der Waals surface area contributed by atoms with Crippen LogP contribution in [0.1, 0.15) is 5.89 Å². The molecule has 0 unspecified atom stereocenters. The number of ether oxygens (including phenoxy) is 1. The number of hydrogen-bond donors (Lipinski definition) is 2. The molecule has 0 radical (unpaired) electrons. The zero-order valence-electron chi connectivity index (χ0n) is 11.1. The quantitative estimate of drug-likeness (QED) is 0.781. The zero-order chi connectivity index (χ0) is 15.2. The van der Waals surface area contributed by atoms with Crippen LogP contribution in [0.2, 0.25) is 5.02 Å². The predicted octanol–water partition coefficient (Wildman–Crippen LogP) is 1.92. The summed E-state index contributed by atoms with van der Waals surface area (Å²) >= 11 is 7.01. The first-order valence-electron chi connectivity index (χ1n) is 5.91. The Balaban J connectivity index is 1.94. The maximum absolute atomic E-state index is 11.9. The van der Waals surface area contributed by atoms with Crippen molar-refractivity contribution >= 4 is 35.0 Å². The Morgan fingerprint density at radius 3 is 3.00 bits per heavy atom. The van der Waals surface area contributed by atoms with E-state index in [0.29, 0.717) is 27.6 Å². The van der Waals surface area contributed by atoms with Gasteiger partial charge in [-0.05, 0) is 18.2 Å². The summed E-state index contributed by atoms with van der Waals surface area (Å²) in [6.07, 6.45) is 0. The fraction of sp³-hybridized carbons (Fsp3) is 0.250. The molecule has 2 rings (SSSR count). The number of halogens is 1. The molecule has 3 N–H and O–H groups in total. The summed E-state index contributed by atoms with van der Waals surface area (Å²) < 4.78 is 10.3. The van der Waals surface area contributed by atoms with Gasteiger partial charge in [-0.3, -0.25) is 4.79 Å². The molecule has 21 heavy (non-hydrogen) atoms. The maximum atomic E-state index is 11.9. The third kappa shape index (κ3) is 4.35. The standard InChI is InChI=1S/C12H13ClN4O3S/c1-19-9-3-2-7(13)4-8(9)15-10(18)6-21-12-17-16-11(5-14)20-12/h2-4H,5-6,14H2,1H3,(H,15,18). The molecule has 7 nitrogen and oxygen atoms in total. The number of carbonyl (C=O) groups excluding carboxylic acids is 1. The summed E-state index contributed by atoms with van der Waals surface area (Å²) in [5, 5.41) is 11.0. The van der Waals surface area contributed by atoms with Crippen molar-refractivity contribution in [2.24, 2.45) is 5.73 Å². The smallest absolute Gasteiger partial charge is 0.277 e. The van der Waals surface area contributed by atoms with Gasteiger partial charge in [-0.1, -0.05) is 23.4 Å². The number of methoxy groups -OCH3 is 1. The first-order valence-corrected chi connectivity index (χ1v) is 7.27. The van der Waals surface area contributed by atoms with Gasteiger partial charge in [-0.15, -0.1) is 10.2 Å².